The van der Waals surface area contributed by atoms with Gasteiger partial charge >= 0.3 is 0 Å². The van der Waals surface area contributed by atoms with Crippen molar-refractivity contribution in [3.05, 3.63) is 77.0 Å². The molecule has 6 nitrogen and oxygen atoms in total. The van der Waals surface area contributed by atoms with E-state index in [1.807, 2.05) is 6.92 Å². The Morgan fingerprint density at radius 1 is 1.08 bits per heavy atom. The predicted molar refractivity (Wildman–Crippen MR) is 133 cm³/mol. The normalized spacial score (nSPS) is 25.6. The number of nitrogens with two attached hydrogens (primary N) is 1. The van der Waals surface area contributed by atoms with E-state index in [1.165, 1.54) is 18.3 Å². The molecule has 2 aliphatic rings. The number of hydrogen-bond donors (Lipinski definition) is 3. The second-order valence-corrected chi connectivity index (χ2v) is 10.5. The minimum Gasteiger partial charge on any atom is -0.388 e. The van der Waals surface area contributed by atoms with Crippen LogP contribution in [0.15, 0.2) is 42.7 Å². The van der Waals surface area contributed by atoms with E-state index in [1.54, 1.807) is 19.2 Å². The standard InChI is InChI=1S/C28H29F3N4O2/c1-14-9-17(12-24(32)28(14,2)37)18-7-8-33-13-23(18)35-27(36)22-6-5-19(29)26(34-22)25-20(30)10-16(11-21(25)31)15-3-4-15/h5-8,10-11,13-15,17,24,37H,3-4,9,12,32H2,1-2H3,(H,35,36)/t14-,17+,24+,28+/m0/s1. The van der Waals surface area contributed by atoms with Crippen molar-refractivity contribution in [2.24, 2.45) is 11.7 Å². The number of hydrogen-bond acceptors (Lipinski definition) is 5. The van der Waals surface area contributed by atoms with E-state index in [0.717, 1.165) is 30.5 Å². The maximum Gasteiger partial charge on any atom is 0.274 e. The molecule has 4 N–H and O–H groups in total. The second-order valence-electron chi connectivity index (χ2n) is 10.5. The molecule has 2 saturated carbocycles. The van der Waals surface area contributed by atoms with Crippen LogP contribution in [0.4, 0.5) is 18.9 Å². The SMILES string of the molecule is C[C@H]1C[C@@H](c2ccncc2NC(=O)c2ccc(F)c(-c3c(F)cc(C4CC4)cc3F)n2)C[C@@H](N)[C@]1(C)O. The summed E-state index contributed by atoms with van der Waals surface area (Å²) in [6, 6.07) is 5.89. The van der Waals surface area contributed by atoms with Gasteiger partial charge in [-0.2, -0.15) is 0 Å². The number of benzene rings is 1. The third-order valence-electron chi connectivity index (χ3n) is 7.90. The summed E-state index contributed by atoms with van der Waals surface area (Å²) in [6.45, 7) is 3.67. The number of rotatable bonds is 5. The first-order valence-electron chi connectivity index (χ1n) is 12.4. The molecular weight excluding hydrogens is 481 g/mol. The molecule has 3 aromatic rings. The summed E-state index contributed by atoms with van der Waals surface area (Å²) in [5.74, 6) is -3.43. The zero-order chi connectivity index (χ0) is 26.5. The Morgan fingerprint density at radius 2 is 1.78 bits per heavy atom. The highest BCUT2D eigenvalue weighted by Crippen LogP contribution is 2.43. The molecule has 4 atom stereocenters. The van der Waals surface area contributed by atoms with Crippen LogP contribution in [0, 0.1) is 23.4 Å². The summed E-state index contributed by atoms with van der Waals surface area (Å²) in [7, 11) is 0. The minimum absolute atomic E-state index is 0.0339. The number of aliphatic hydroxyl groups is 1. The van der Waals surface area contributed by atoms with Crippen molar-refractivity contribution in [2.75, 3.05) is 5.32 Å². The second kappa shape index (κ2) is 9.54. The van der Waals surface area contributed by atoms with Gasteiger partial charge in [-0.15, -0.1) is 0 Å². The topological polar surface area (TPSA) is 101 Å². The summed E-state index contributed by atoms with van der Waals surface area (Å²) < 4.78 is 44.3. The highest BCUT2D eigenvalue weighted by atomic mass is 19.1. The lowest BCUT2D eigenvalue weighted by atomic mass is 9.68. The van der Waals surface area contributed by atoms with E-state index >= 15 is 0 Å². The molecule has 9 heteroatoms. The summed E-state index contributed by atoms with van der Waals surface area (Å²) in [5, 5.41) is 13.4. The first-order chi connectivity index (χ1) is 17.6. The van der Waals surface area contributed by atoms with E-state index in [0.29, 0.717) is 24.1 Å². The third-order valence-corrected chi connectivity index (χ3v) is 7.90. The maximum absolute atomic E-state index is 14.8. The van der Waals surface area contributed by atoms with Gasteiger partial charge in [0.05, 0.1) is 23.0 Å². The summed E-state index contributed by atoms with van der Waals surface area (Å²) in [4.78, 5) is 21.2. The molecule has 0 unspecified atom stereocenters. The van der Waals surface area contributed by atoms with Crippen LogP contribution in [0.5, 0.6) is 0 Å². The van der Waals surface area contributed by atoms with Gasteiger partial charge in [-0.1, -0.05) is 6.92 Å². The van der Waals surface area contributed by atoms with Gasteiger partial charge in [-0.3, -0.25) is 9.78 Å². The highest BCUT2D eigenvalue weighted by molar-refractivity contribution is 6.03. The Bertz CT molecular complexity index is 1320. The quantitative estimate of drug-likeness (QED) is 0.434. The number of amides is 1. The van der Waals surface area contributed by atoms with Gasteiger partial charge in [0.2, 0.25) is 0 Å². The van der Waals surface area contributed by atoms with Crippen LogP contribution in [-0.4, -0.2) is 32.6 Å². The van der Waals surface area contributed by atoms with Crippen molar-refractivity contribution in [1.29, 1.82) is 0 Å². The van der Waals surface area contributed by atoms with Gasteiger partial charge in [-0.05, 0) is 91.8 Å². The lowest BCUT2D eigenvalue weighted by Gasteiger charge is -2.44. The molecule has 37 heavy (non-hydrogen) atoms. The first-order valence-corrected chi connectivity index (χ1v) is 12.4. The minimum atomic E-state index is -0.997. The van der Waals surface area contributed by atoms with Crippen molar-refractivity contribution in [3.63, 3.8) is 0 Å². The number of pyridine rings is 2. The molecule has 5 rings (SSSR count). The molecule has 2 fully saturated rings. The van der Waals surface area contributed by atoms with Crippen LogP contribution in [0.25, 0.3) is 11.3 Å². The molecule has 0 aliphatic heterocycles. The molecule has 194 valence electrons. The number of aromatic nitrogens is 2. The smallest absolute Gasteiger partial charge is 0.274 e. The number of nitrogens with one attached hydrogen (secondary N) is 1. The average molecular weight is 511 g/mol. The molecule has 0 radical (unpaired) electrons. The van der Waals surface area contributed by atoms with E-state index in [4.69, 9.17) is 5.73 Å². The number of carbonyl (C=O) groups excluding carboxylic acids is 1. The molecule has 2 aliphatic carbocycles. The molecular formula is C28H29F3N4O2. The summed E-state index contributed by atoms with van der Waals surface area (Å²) in [6.07, 6.45) is 6.00. The van der Waals surface area contributed by atoms with Crippen molar-refractivity contribution in [1.82, 2.24) is 9.97 Å². The maximum atomic E-state index is 14.8. The number of anilines is 1. The van der Waals surface area contributed by atoms with E-state index in [9.17, 15) is 23.1 Å². The van der Waals surface area contributed by atoms with Crippen LogP contribution in [0.3, 0.4) is 0 Å². The Balaban J connectivity index is 1.42. The van der Waals surface area contributed by atoms with Crippen molar-refractivity contribution in [2.45, 2.75) is 63.0 Å². The van der Waals surface area contributed by atoms with E-state index in [-0.39, 0.29) is 23.4 Å². The number of halogens is 3. The monoisotopic (exact) mass is 510 g/mol. The molecule has 2 heterocycles. The fourth-order valence-corrected chi connectivity index (χ4v) is 5.19. The molecule has 0 bridgehead atoms. The largest absolute Gasteiger partial charge is 0.388 e. The highest BCUT2D eigenvalue weighted by Gasteiger charge is 2.42. The Labute approximate surface area is 213 Å². The fraction of sp³-hybridized carbons (Fsp3) is 0.393. The zero-order valence-corrected chi connectivity index (χ0v) is 20.6. The predicted octanol–water partition coefficient (Wildman–Crippen LogP) is 5.28. The molecule has 0 saturated heterocycles. The van der Waals surface area contributed by atoms with Crippen molar-refractivity contribution < 1.29 is 23.1 Å². The van der Waals surface area contributed by atoms with Crippen LogP contribution >= 0.6 is 0 Å². The summed E-state index contributed by atoms with van der Waals surface area (Å²) in [5.41, 5.74) is 5.66. The Hall–Kier alpha value is -3.30. The third kappa shape index (κ3) is 4.85. The molecule has 0 spiro atoms. The van der Waals surface area contributed by atoms with Crippen LogP contribution in [-0.2, 0) is 0 Å². The molecule has 1 amide bonds. The zero-order valence-electron chi connectivity index (χ0n) is 20.6. The van der Waals surface area contributed by atoms with Gasteiger partial charge in [0.15, 0.2) is 0 Å². The average Bonchev–Trinajstić information content (AvgIpc) is 3.69. The number of nitrogens with zero attached hydrogens (tertiary/aromatic N) is 2. The Morgan fingerprint density at radius 3 is 2.43 bits per heavy atom. The van der Waals surface area contributed by atoms with Crippen LogP contribution < -0.4 is 11.1 Å². The lowest BCUT2D eigenvalue weighted by Crippen LogP contribution is -2.54. The summed E-state index contributed by atoms with van der Waals surface area (Å²) >= 11 is 0. The molecule has 2 aromatic heterocycles. The van der Waals surface area contributed by atoms with Crippen LogP contribution in [0.1, 0.15) is 73.0 Å². The van der Waals surface area contributed by atoms with E-state index in [2.05, 4.69) is 15.3 Å². The first kappa shape index (κ1) is 25.4. The Kier molecular flexibility index (Phi) is 6.53. The van der Waals surface area contributed by atoms with Gasteiger partial charge < -0.3 is 16.2 Å². The van der Waals surface area contributed by atoms with Crippen molar-refractivity contribution >= 4 is 11.6 Å². The van der Waals surface area contributed by atoms with Crippen LogP contribution in [0.2, 0.25) is 0 Å². The number of carbonyl (C=O) groups is 1. The van der Waals surface area contributed by atoms with Gasteiger partial charge in [0, 0.05) is 12.2 Å². The fourth-order valence-electron chi connectivity index (χ4n) is 5.19. The van der Waals surface area contributed by atoms with Gasteiger partial charge in [0.25, 0.3) is 5.91 Å². The molecule has 1 aromatic carbocycles. The van der Waals surface area contributed by atoms with Gasteiger partial charge in [0.1, 0.15) is 28.8 Å². The lowest BCUT2D eigenvalue weighted by molar-refractivity contribution is -0.0463. The van der Waals surface area contributed by atoms with Crippen molar-refractivity contribution in [3.8, 4) is 11.3 Å². The van der Waals surface area contributed by atoms with Gasteiger partial charge in [-0.25, -0.2) is 18.2 Å². The van der Waals surface area contributed by atoms with E-state index < -0.39 is 46.3 Å².